The van der Waals surface area contributed by atoms with E-state index in [0.717, 1.165) is 12.8 Å². The summed E-state index contributed by atoms with van der Waals surface area (Å²) in [5.41, 5.74) is 0. The molecule has 1 fully saturated rings. The van der Waals surface area contributed by atoms with Gasteiger partial charge in [0.1, 0.15) is 6.17 Å². The fourth-order valence-electron chi connectivity index (χ4n) is 2.28. The van der Waals surface area contributed by atoms with E-state index in [4.69, 9.17) is 9.84 Å². The third-order valence-electron chi connectivity index (χ3n) is 3.32. The van der Waals surface area contributed by atoms with E-state index < -0.39 is 25.0 Å². The lowest BCUT2D eigenvalue weighted by molar-refractivity contribution is 0.0442. The molecule has 1 aliphatic rings. The quantitative estimate of drug-likeness (QED) is 0.732. The number of nitrogens with zero attached hydrogens (tertiary/aromatic N) is 2. The summed E-state index contributed by atoms with van der Waals surface area (Å²) in [5.74, 6) is 0. The average Bonchev–Trinajstić information content (AvgIpc) is 2.89. The van der Waals surface area contributed by atoms with E-state index in [1.165, 1.54) is 9.80 Å². The molecule has 0 radical (unpaired) electrons. The molecule has 0 spiro atoms. The Kier molecular flexibility index (Phi) is 7.11. The summed E-state index contributed by atoms with van der Waals surface area (Å²) in [6.45, 7) is 2.32. The number of alkyl halides is 1. The third-order valence-corrected chi connectivity index (χ3v) is 3.32. The van der Waals surface area contributed by atoms with Crippen LogP contribution in [-0.4, -0.2) is 59.6 Å². The highest BCUT2D eigenvalue weighted by Crippen LogP contribution is 2.22. The van der Waals surface area contributed by atoms with E-state index in [-0.39, 0.29) is 13.0 Å². The maximum absolute atomic E-state index is 12.4. The zero-order valence-corrected chi connectivity index (χ0v) is 11.9. The van der Waals surface area contributed by atoms with Crippen molar-refractivity contribution in [1.82, 2.24) is 9.80 Å². The van der Waals surface area contributed by atoms with Crippen molar-refractivity contribution >= 4 is 12.2 Å². The number of amides is 2. The Bertz CT molecular complexity index is 327. The smallest absolute Gasteiger partial charge is 0.411 e. The van der Waals surface area contributed by atoms with Crippen molar-refractivity contribution in [2.75, 3.05) is 26.4 Å². The van der Waals surface area contributed by atoms with Gasteiger partial charge in [-0.3, -0.25) is 14.2 Å². The predicted octanol–water partition coefficient (Wildman–Crippen LogP) is 2.68. The maximum atomic E-state index is 12.4. The van der Waals surface area contributed by atoms with E-state index in [9.17, 15) is 14.0 Å². The molecule has 1 rings (SSSR count). The van der Waals surface area contributed by atoms with Gasteiger partial charge in [0, 0.05) is 13.1 Å². The van der Waals surface area contributed by atoms with Gasteiger partial charge in [0.25, 0.3) is 0 Å². The normalized spacial score (nSPS) is 18.1. The number of hydrogen-bond acceptors (Lipinski definition) is 3. The van der Waals surface area contributed by atoms with E-state index in [1.54, 1.807) is 0 Å². The van der Waals surface area contributed by atoms with Gasteiger partial charge in [-0.25, -0.2) is 9.59 Å². The molecule has 20 heavy (non-hydrogen) atoms. The van der Waals surface area contributed by atoms with Gasteiger partial charge in [-0.2, -0.15) is 0 Å². The molecule has 0 aromatic carbocycles. The van der Waals surface area contributed by atoms with E-state index in [2.05, 4.69) is 0 Å². The molecule has 1 N–H and O–H groups in total. The second-order valence-corrected chi connectivity index (χ2v) is 4.80. The number of likely N-dealkylation sites (tertiary alicyclic amines) is 1. The van der Waals surface area contributed by atoms with Crippen LogP contribution in [0.3, 0.4) is 0 Å². The zero-order chi connectivity index (χ0) is 15.0. The molecule has 7 heteroatoms. The molecule has 1 unspecified atom stereocenters. The number of unbranched alkanes of at least 4 members (excludes halogenated alkanes) is 1. The third kappa shape index (κ3) is 4.54. The lowest BCUT2D eigenvalue weighted by Gasteiger charge is -2.32. The van der Waals surface area contributed by atoms with Crippen LogP contribution in [0.2, 0.25) is 0 Å². The Morgan fingerprint density at radius 3 is 2.80 bits per heavy atom. The molecule has 1 atom stereocenters. The van der Waals surface area contributed by atoms with Gasteiger partial charge in [0.15, 0.2) is 0 Å². The zero-order valence-electron chi connectivity index (χ0n) is 11.9. The lowest BCUT2D eigenvalue weighted by Crippen LogP contribution is -2.50. The Morgan fingerprint density at radius 1 is 1.45 bits per heavy atom. The second kappa shape index (κ2) is 8.60. The number of carbonyl (C=O) groups excluding carboxylic acids is 1. The molecule has 0 aromatic rings. The summed E-state index contributed by atoms with van der Waals surface area (Å²) in [7, 11) is 0. The van der Waals surface area contributed by atoms with Crippen molar-refractivity contribution < 1.29 is 23.8 Å². The Hall–Kier alpha value is -1.53. The minimum absolute atomic E-state index is 0.176. The topological polar surface area (TPSA) is 70.1 Å². The lowest BCUT2D eigenvalue weighted by atomic mass is 10.3. The monoisotopic (exact) mass is 290 g/mol. The highest BCUT2D eigenvalue weighted by atomic mass is 19.1. The summed E-state index contributed by atoms with van der Waals surface area (Å²) in [5, 5.41) is 9.13. The maximum Gasteiger partial charge on any atom is 0.411 e. The molecule has 1 heterocycles. The van der Waals surface area contributed by atoms with Gasteiger partial charge in [-0.05, 0) is 25.7 Å². The number of carbonyl (C=O) groups is 2. The van der Waals surface area contributed by atoms with Gasteiger partial charge < -0.3 is 9.84 Å². The molecule has 0 bridgehead atoms. The van der Waals surface area contributed by atoms with Gasteiger partial charge in [0.05, 0.1) is 13.3 Å². The summed E-state index contributed by atoms with van der Waals surface area (Å²) < 4.78 is 17.5. The van der Waals surface area contributed by atoms with Crippen LogP contribution in [0, 0.1) is 0 Å². The predicted molar refractivity (Wildman–Crippen MR) is 71.3 cm³/mol. The van der Waals surface area contributed by atoms with Crippen molar-refractivity contribution in [2.45, 2.75) is 45.2 Å². The SMILES string of the molecule is CCCCOC(=O)N(CCCF)C1CCCN1C(=O)O. The molecular weight excluding hydrogens is 267 g/mol. The second-order valence-electron chi connectivity index (χ2n) is 4.80. The number of ether oxygens (including phenoxy) is 1. The molecule has 116 valence electrons. The molecule has 0 saturated carbocycles. The van der Waals surface area contributed by atoms with Crippen molar-refractivity contribution in [1.29, 1.82) is 0 Å². The molecule has 1 aliphatic heterocycles. The number of hydrogen-bond donors (Lipinski definition) is 1. The van der Waals surface area contributed by atoms with E-state index in [0.29, 0.717) is 26.0 Å². The summed E-state index contributed by atoms with van der Waals surface area (Å²) >= 11 is 0. The van der Waals surface area contributed by atoms with Crippen LogP contribution in [0.1, 0.15) is 39.0 Å². The van der Waals surface area contributed by atoms with Crippen LogP contribution in [0.5, 0.6) is 0 Å². The van der Waals surface area contributed by atoms with Crippen LogP contribution in [0.15, 0.2) is 0 Å². The summed E-state index contributed by atoms with van der Waals surface area (Å²) in [6.07, 6.45) is 0.982. The molecule has 6 nitrogen and oxygen atoms in total. The first kappa shape index (κ1) is 16.5. The van der Waals surface area contributed by atoms with Crippen LogP contribution in [0.4, 0.5) is 14.0 Å². The average molecular weight is 290 g/mol. The first-order valence-corrected chi connectivity index (χ1v) is 7.10. The Balaban J connectivity index is 2.66. The summed E-state index contributed by atoms with van der Waals surface area (Å²) in [4.78, 5) is 25.8. The minimum Gasteiger partial charge on any atom is -0.465 e. The largest absolute Gasteiger partial charge is 0.465 e. The van der Waals surface area contributed by atoms with Crippen LogP contribution < -0.4 is 0 Å². The minimum atomic E-state index is -1.06. The molecule has 2 amide bonds. The van der Waals surface area contributed by atoms with Crippen molar-refractivity contribution in [2.24, 2.45) is 0 Å². The van der Waals surface area contributed by atoms with Crippen LogP contribution >= 0.6 is 0 Å². The van der Waals surface area contributed by atoms with Crippen LogP contribution in [-0.2, 0) is 4.74 Å². The molecule has 0 aliphatic carbocycles. The fourth-order valence-corrected chi connectivity index (χ4v) is 2.28. The van der Waals surface area contributed by atoms with Crippen LogP contribution in [0.25, 0.3) is 0 Å². The Morgan fingerprint density at radius 2 is 2.20 bits per heavy atom. The summed E-state index contributed by atoms with van der Waals surface area (Å²) in [6, 6.07) is 0. The Labute approximate surface area is 118 Å². The molecule has 1 saturated heterocycles. The highest BCUT2D eigenvalue weighted by Gasteiger charge is 2.36. The molecular formula is C13H23FN2O4. The van der Waals surface area contributed by atoms with Gasteiger partial charge in [-0.1, -0.05) is 13.3 Å². The number of carboxylic acid groups (broad SMARTS) is 1. The number of halogens is 1. The first-order chi connectivity index (χ1) is 9.61. The van der Waals surface area contributed by atoms with Gasteiger partial charge in [0.2, 0.25) is 0 Å². The van der Waals surface area contributed by atoms with E-state index in [1.807, 2.05) is 6.92 Å². The fraction of sp³-hybridized carbons (Fsp3) is 0.846. The van der Waals surface area contributed by atoms with Crippen molar-refractivity contribution in [3.8, 4) is 0 Å². The molecule has 0 aromatic heterocycles. The van der Waals surface area contributed by atoms with Crippen molar-refractivity contribution in [3.63, 3.8) is 0 Å². The first-order valence-electron chi connectivity index (χ1n) is 7.10. The van der Waals surface area contributed by atoms with E-state index >= 15 is 0 Å². The highest BCUT2D eigenvalue weighted by molar-refractivity contribution is 5.70. The van der Waals surface area contributed by atoms with Gasteiger partial charge in [-0.15, -0.1) is 0 Å². The number of rotatable bonds is 7. The van der Waals surface area contributed by atoms with Crippen molar-refractivity contribution in [3.05, 3.63) is 0 Å². The van der Waals surface area contributed by atoms with Gasteiger partial charge >= 0.3 is 12.2 Å². The standard InChI is InChI=1S/C13H23FN2O4/c1-2-3-10-20-13(19)16(9-5-7-14)11-6-4-8-15(11)12(17)18/h11H,2-10H2,1H3,(H,17,18).